The van der Waals surface area contributed by atoms with Crippen LogP contribution in [0.4, 0.5) is 0 Å². The molecule has 0 bridgehead atoms. The van der Waals surface area contributed by atoms with Gasteiger partial charge in [-0.3, -0.25) is 4.79 Å². The number of likely N-dealkylation sites (tertiary alicyclic amines) is 1. The van der Waals surface area contributed by atoms with Crippen LogP contribution in [0, 0.1) is 0 Å². The Bertz CT molecular complexity index is 472. The number of halogens is 1. The first-order valence-electron chi connectivity index (χ1n) is 6.82. The van der Waals surface area contributed by atoms with Crippen molar-refractivity contribution in [2.24, 2.45) is 0 Å². The second kappa shape index (κ2) is 6.84. The Labute approximate surface area is 124 Å². The van der Waals surface area contributed by atoms with Gasteiger partial charge in [0.1, 0.15) is 16.9 Å². The Hall–Kier alpha value is -1.42. The van der Waals surface area contributed by atoms with Crippen molar-refractivity contribution in [3.05, 3.63) is 23.8 Å². The van der Waals surface area contributed by atoms with Crippen molar-refractivity contribution in [3.63, 3.8) is 0 Å². The lowest BCUT2D eigenvalue weighted by Gasteiger charge is -2.29. The molecule has 1 aliphatic heterocycles. The molecule has 0 spiro atoms. The molecule has 110 valence electrons. The molecular weight excluding hydrogens is 278 g/mol. The zero-order valence-electron chi connectivity index (χ0n) is 11.9. The fourth-order valence-electron chi connectivity index (χ4n) is 2.44. The number of benzene rings is 1. The highest BCUT2D eigenvalue weighted by Crippen LogP contribution is 2.34. The quantitative estimate of drug-likeness (QED) is 0.802. The van der Waals surface area contributed by atoms with Crippen LogP contribution < -0.4 is 9.47 Å². The average Bonchev–Trinajstić information content (AvgIpc) is 2.53. The van der Waals surface area contributed by atoms with Crippen molar-refractivity contribution in [2.75, 3.05) is 27.3 Å². The molecule has 0 N–H and O–H groups in total. The smallest absolute Gasteiger partial charge is 0.245 e. The van der Waals surface area contributed by atoms with Gasteiger partial charge >= 0.3 is 0 Å². The molecule has 1 atom stereocenters. The van der Waals surface area contributed by atoms with E-state index >= 15 is 0 Å². The summed E-state index contributed by atoms with van der Waals surface area (Å²) in [6, 6.07) is 5.32. The van der Waals surface area contributed by atoms with Gasteiger partial charge in [-0.05, 0) is 31.4 Å². The summed E-state index contributed by atoms with van der Waals surface area (Å²) in [4.78, 5) is 14.3. The molecule has 0 aliphatic carbocycles. The third-order valence-electron chi connectivity index (χ3n) is 3.60. The van der Waals surface area contributed by atoms with Gasteiger partial charge in [-0.1, -0.05) is 0 Å². The van der Waals surface area contributed by atoms with Crippen molar-refractivity contribution in [3.8, 4) is 11.5 Å². The summed E-state index contributed by atoms with van der Waals surface area (Å²) in [5.74, 6) is 1.21. The number of alkyl halides is 1. The number of hydrogen-bond acceptors (Lipinski definition) is 3. The highest BCUT2D eigenvalue weighted by Gasteiger charge is 2.27. The molecular formula is C15H20ClNO3. The molecule has 1 saturated heterocycles. The van der Waals surface area contributed by atoms with Crippen LogP contribution in [0.5, 0.6) is 11.5 Å². The predicted molar refractivity (Wildman–Crippen MR) is 78.6 cm³/mol. The van der Waals surface area contributed by atoms with Gasteiger partial charge in [0.2, 0.25) is 5.91 Å². The Balaban J connectivity index is 2.18. The van der Waals surface area contributed by atoms with Gasteiger partial charge in [0.25, 0.3) is 0 Å². The van der Waals surface area contributed by atoms with E-state index in [2.05, 4.69) is 0 Å². The van der Waals surface area contributed by atoms with Crippen LogP contribution in [0.3, 0.4) is 0 Å². The molecule has 2 rings (SSSR count). The Morgan fingerprint density at radius 2 is 1.90 bits per heavy atom. The number of carbonyl (C=O) groups excluding carboxylic acids is 1. The van der Waals surface area contributed by atoms with E-state index in [0.29, 0.717) is 17.1 Å². The lowest BCUT2D eigenvalue weighted by Crippen LogP contribution is -2.37. The highest BCUT2D eigenvalue weighted by molar-refractivity contribution is 6.31. The molecule has 1 aliphatic rings. The number of nitrogens with zero attached hydrogens (tertiary/aromatic N) is 1. The number of piperidine rings is 1. The minimum Gasteiger partial charge on any atom is -0.497 e. The molecule has 1 heterocycles. The molecule has 1 fully saturated rings. The van der Waals surface area contributed by atoms with Gasteiger partial charge in [-0.15, -0.1) is 11.6 Å². The first-order valence-corrected chi connectivity index (χ1v) is 7.25. The number of ether oxygens (including phenoxy) is 2. The second-order valence-corrected chi connectivity index (χ2v) is 5.29. The molecule has 1 amide bonds. The molecule has 0 radical (unpaired) electrons. The van der Waals surface area contributed by atoms with Gasteiger partial charge in [0, 0.05) is 24.7 Å². The van der Waals surface area contributed by atoms with E-state index in [1.807, 2.05) is 4.90 Å². The summed E-state index contributed by atoms with van der Waals surface area (Å²) in [5, 5.41) is -0.714. The maximum Gasteiger partial charge on any atom is 0.245 e. The summed E-state index contributed by atoms with van der Waals surface area (Å²) in [6.07, 6.45) is 3.28. The first kappa shape index (κ1) is 15.0. The zero-order chi connectivity index (χ0) is 14.5. The van der Waals surface area contributed by atoms with Crippen molar-refractivity contribution in [1.29, 1.82) is 0 Å². The third kappa shape index (κ3) is 3.18. The maximum absolute atomic E-state index is 12.4. The van der Waals surface area contributed by atoms with Gasteiger partial charge in [0.15, 0.2) is 0 Å². The van der Waals surface area contributed by atoms with E-state index in [9.17, 15) is 4.79 Å². The van der Waals surface area contributed by atoms with Gasteiger partial charge in [-0.2, -0.15) is 0 Å². The summed E-state index contributed by atoms with van der Waals surface area (Å²) >= 11 is 6.36. The van der Waals surface area contributed by atoms with Crippen LogP contribution in [-0.2, 0) is 4.79 Å². The van der Waals surface area contributed by atoms with Gasteiger partial charge in [0.05, 0.1) is 14.2 Å². The number of methoxy groups -OCH3 is 2. The lowest BCUT2D eigenvalue weighted by molar-refractivity contribution is -0.131. The molecule has 1 unspecified atom stereocenters. The summed E-state index contributed by atoms with van der Waals surface area (Å²) in [5.41, 5.74) is 0.686. The fraction of sp³-hybridized carbons (Fsp3) is 0.533. The van der Waals surface area contributed by atoms with E-state index in [0.717, 1.165) is 25.9 Å². The molecule has 0 saturated carbocycles. The monoisotopic (exact) mass is 297 g/mol. The summed E-state index contributed by atoms with van der Waals surface area (Å²) in [6.45, 7) is 1.58. The van der Waals surface area contributed by atoms with E-state index < -0.39 is 5.38 Å². The fourth-order valence-corrected chi connectivity index (χ4v) is 2.75. The normalized spacial score (nSPS) is 16.6. The van der Waals surface area contributed by atoms with E-state index in [1.165, 1.54) is 6.42 Å². The summed E-state index contributed by atoms with van der Waals surface area (Å²) < 4.78 is 10.5. The number of hydrogen-bond donors (Lipinski definition) is 0. The van der Waals surface area contributed by atoms with Gasteiger partial charge in [-0.25, -0.2) is 0 Å². The Morgan fingerprint density at radius 1 is 1.20 bits per heavy atom. The molecule has 4 nitrogen and oxygen atoms in total. The predicted octanol–water partition coefficient (Wildman–Crippen LogP) is 3.00. The van der Waals surface area contributed by atoms with Crippen LogP contribution in [0.2, 0.25) is 0 Å². The van der Waals surface area contributed by atoms with Crippen molar-refractivity contribution in [1.82, 2.24) is 4.90 Å². The molecule has 1 aromatic carbocycles. The first-order chi connectivity index (χ1) is 9.67. The SMILES string of the molecule is COc1ccc(C(Cl)C(=O)N2CCCCC2)c(OC)c1. The minimum atomic E-state index is -0.714. The van der Waals surface area contributed by atoms with E-state index in [1.54, 1.807) is 32.4 Å². The molecule has 1 aromatic rings. The number of carbonyl (C=O) groups is 1. The van der Waals surface area contributed by atoms with Crippen molar-refractivity contribution in [2.45, 2.75) is 24.6 Å². The second-order valence-electron chi connectivity index (χ2n) is 4.86. The topological polar surface area (TPSA) is 38.8 Å². The van der Waals surface area contributed by atoms with E-state index in [-0.39, 0.29) is 5.91 Å². The van der Waals surface area contributed by atoms with Crippen LogP contribution in [0.1, 0.15) is 30.2 Å². The van der Waals surface area contributed by atoms with Crippen LogP contribution in [0.15, 0.2) is 18.2 Å². The lowest BCUT2D eigenvalue weighted by atomic mass is 10.1. The molecule has 5 heteroatoms. The molecule has 20 heavy (non-hydrogen) atoms. The highest BCUT2D eigenvalue weighted by atomic mass is 35.5. The van der Waals surface area contributed by atoms with Crippen LogP contribution in [-0.4, -0.2) is 38.1 Å². The standard InChI is InChI=1S/C15H20ClNO3/c1-19-11-6-7-12(13(10-11)20-2)14(16)15(18)17-8-4-3-5-9-17/h6-7,10,14H,3-5,8-9H2,1-2H3. The Kier molecular flexibility index (Phi) is 5.12. The average molecular weight is 298 g/mol. The van der Waals surface area contributed by atoms with Crippen LogP contribution in [0.25, 0.3) is 0 Å². The maximum atomic E-state index is 12.4. The number of amides is 1. The zero-order valence-corrected chi connectivity index (χ0v) is 12.7. The van der Waals surface area contributed by atoms with Crippen molar-refractivity contribution >= 4 is 17.5 Å². The van der Waals surface area contributed by atoms with E-state index in [4.69, 9.17) is 21.1 Å². The van der Waals surface area contributed by atoms with Gasteiger partial charge < -0.3 is 14.4 Å². The molecule has 0 aromatic heterocycles. The Morgan fingerprint density at radius 3 is 2.50 bits per heavy atom. The van der Waals surface area contributed by atoms with Crippen LogP contribution >= 0.6 is 11.6 Å². The minimum absolute atomic E-state index is 0.0465. The third-order valence-corrected chi connectivity index (χ3v) is 4.02. The summed E-state index contributed by atoms with van der Waals surface area (Å²) in [7, 11) is 3.15. The number of rotatable bonds is 4. The largest absolute Gasteiger partial charge is 0.497 e. The van der Waals surface area contributed by atoms with Crippen molar-refractivity contribution < 1.29 is 14.3 Å².